The highest BCUT2D eigenvalue weighted by molar-refractivity contribution is 6.19. The summed E-state index contributed by atoms with van der Waals surface area (Å²) in [6.45, 7) is 2.35. The van der Waals surface area contributed by atoms with Crippen LogP contribution < -0.4 is 5.32 Å². The van der Waals surface area contributed by atoms with E-state index >= 15 is 0 Å². The molecule has 5 aromatic rings. The smallest absolute Gasteiger partial charge is 0.0619 e. The second-order valence-electron chi connectivity index (χ2n) is 10.6. The number of nitrogens with one attached hydrogen (secondary N) is 1. The summed E-state index contributed by atoms with van der Waals surface area (Å²) in [5.41, 5.74) is 10.6. The average molecular weight is 477 g/mol. The van der Waals surface area contributed by atoms with Crippen LogP contribution in [0.25, 0.3) is 43.8 Å². The first kappa shape index (κ1) is 20.8. The first-order valence-corrected chi connectivity index (χ1v) is 13.4. The third-order valence-electron chi connectivity index (χ3n) is 8.43. The second-order valence-corrected chi connectivity index (χ2v) is 10.6. The molecule has 1 N–H and O–H groups in total. The van der Waals surface area contributed by atoms with Crippen LogP contribution in [0.2, 0.25) is 0 Å². The van der Waals surface area contributed by atoms with E-state index in [1.807, 2.05) is 0 Å². The fraction of sp³-hybridized carbons (Fsp3) is 0.143. The summed E-state index contributed by atoms with van der Waals surface area (Å²) in [7, 11) is 0. The number of fused-ring (bicyclic) bond motifs is 7. The number of aromatic nitrogens is 1. The van der Waals surface area contributed by atoms with Crippen LogP contribution in [0.4, 0.5) is 0 Å². The van der Waals surface area contributed by atoms with Gasteiger partial charge in [-0.15, -0.1) is 0 Å². The van der Waals surface area contributed by atoms with Crippen molar-refractivity contribution in [3.8, 4) is 5.69 Å². The number of para-hydroxylation sites is 1. The molecule has 2 atom stereocenters. The van der Waals surface area contributed by atoms with Crippen LogP contribution >= 0.6 is 0 Å². The van der Waals surface area contributed by atoms with Crippen molar-refractivity contribution in [1.82, 2.24) is 9.88 Å². The number of hydrogen-bond donors (Lipinski definition) is 1. The minimum absolute atomic E-state index is 0.395. The lowest BCUT2D eigenvalue weighted by molar-refractivity contribution is 0.540. The van der Waals surface area contributed by atoms with E-state index in [2.05, 4.69) is 126 Å². The second kappa shape index (κ2) is 7.85. The molecule has 0 radical (unpaired) electrons. The maximum absolute atomic E-state index is 3.82. The molecule has 0 fully saturated rings. The molecule has 0 saturated carbocycles. The Labute approximate surface area is 216 Å². The number of allylic oxidation sites excluding steroid dienone is 5. The fourth-order valence-corrected chi connectivity index (χ4v) is 6.68. The van der Waals surface area contributed by atoms with Crippen molar-refractivity contribution in [3.05, 3.63) is 132 Å². The van der Waals surface area contributed by atoms with Gasteiger partial charge in [0.25, 0.3) is 0 Å². The van der Waals surface area contributed by atoms with Gasteiger partial charge in [-0.05, 0) is 76.8 Å². The van der Waals surface area contributed by atoms with Gasteiger partial charge >= 0.3 is 0 Å². The summed E-state index contributed by atoms with van der Waals surface area (Å²) in [6, 6.07) is 31.5. The van der Waals surface area contributed by atoms with E-state index in [9.17, 15) is 0 Å². The Kier molecular flexibility index (Phi) is 4.42. The molecule has 1 aliphatic heterocycles. The summed E-state index contributed by atoms with van der Waals surface area (Å²) < 4.78 is 2.44. The Hall–Kier alpha value is -4.30. The van der Waals surface area contributed by atoms with Crippen LogP contribution in [0, 0.1) is 5.92 Å². The van der Waals surface area contributed by atoms with Crippen LogP contribution in [0.5, 0.6) is 0 Å². The number of rotatable bonds is 2. The molecule has 37 heavy (non-hydrogen) atoms. The van der Waals surface area contributed by atoms with E-state index in [4.69, 9.17) is 0 Å². The van der Waals surface area contributed by atoms with Gasteiger partial charge in [0.15, 0.2) is 0 Å². The monoisotopic (exact) mass is 476 g/mol. The molecule has 4 aromatic carbocycles. The Morgan fingerprint density at radius 1 is 0.838 bits per heavy atom. The average Bonchev–Trinajstić information content (AvgIpc) is 3.50. The molecular formula is C35H28N2. The Morgan fingerprint density at radius 2 is 1.70 bits per heavy atom. The van der Waals surface area contributed by atoms with Crippen molar-refractivity contribution in [3.63, 3.8) is 0 Å². The van der Waals surface area contributed by atoms with E-state index in [0.29, 0.717) is 12.0 Å². The molecule has 1 aromatic heterocycles. The predicted molar refractivity (Wildman–Crippen MR) is 156 cm³/mol. The topological polar surface area (TPSA) is 17.0 Å². The third-order valence-corrected chi connectivity index (χ3v) is 8.43. The molecular weight excluding hydrogens is 448 g/mol. The van der Waals surface area contributed by atoms with E-state index in [-0.39, 0.29) is 0 Å². The molecule has 2 heteroatoms. The number of benzene rings is 4. The molecule has 0 spiro atoms. The van der Waals surface area contributed by atoms with Crippen molar-refractivity contribution in [2.45, 2.75) is 25.8 Å². The van der Waals surface area contributed by atoms with Gasteiger partial charge in [0.1, 0.15) is 0 Å². The summed E-state index contributed by atoms with van der Waals surface area (Å²) in [4.78, 5) is 0. The van der Waals surface area contributed by atoms with E-state index in [1.165, 1.54) is 66.2 Å². The lowest BCUT2D eigenvalue weighted by Gasteiger charge is -2.26. The quantitative estimate of drug-likeness (QED) is 0.270. The van der Waals surface area contributed by atoms with Gasteiger partial charge in [-0.25, -0.2) is 0 Å². The lowest BCUT2D eigenvalue weighted by Crippen LogP contribution is -2.31. The molecule has 0 amide bonds. The van der Waals surface area contributed by atoms with Crippen molar-refractivity contribution in [1.29, 1.82) is 0 Å². The van der Waals surface area contributed by atoms with Gasteiger partial charge in [-0.1, -0.05) is 85.8 Å². The molecule has 0 saturated heterocycles. The summed E-state index contributed by atoms with van der Waals surface area (Å²) in [5, 5.41) is 8.99. The molecule has 3 aliphatic rings. The molecule has 2 heterocycles. The Bertz CT molecular complexity index is 1860. The van der Waals surface area contributed by atoms with Gasteiger partial charge in [-0.2, -0.15) is 0 Å². The Balaban J connectivity index is 1.37. The van der Waals surface area contributed by atoms with Gasteiger partial charge in [0, 0.05) is 27.5 Å². The maximum Gasteiger partial charge on any atom is 0.0619 e. The molecule has 0 bridgehead atoms. The summed E-state index contributed by atoms with van der Waals surface area (Å²) in [6.07, 6.45) is 11.8. The van der Waals surface area contributed by atoms with Crippen LogP contribution in [-0.2, 0) is 0 Å². The number of nitrogens with zero attached hydrogens (tertiary/aromatic N) is 1. The zero-order valence-corrected chi connectivity index (χ0v) is 20.9. The van der Waals surface area contributed by atoms with E-state index in [0.717, 1.165) is 12.8 Å². The van der Waals surface area contributed by atoms with Crippen LogP contribution in [-0.4, -0.2) is 10.6 Å². The summed E-state index contributed by atoms with van der Waals surface area (Å²) >= 11 is 0. The highest BCUT2D eigenvalue weighted by Crippen LogP contribution is 2.42. The van der Waals surface area contributed by atoms with Crippen molar-refractivity contribution in [2.75, 3.05) is 0 Å². The third kappa shape index (κ3) is 3.05. The maximum atomic E-state index is 3.82. The van der Waals surface area contributed by atoms with Crippen molar-refractivity contribution < 1.29 is 0 Å². The minimum Gasteiger partial charge on any atom is -0.380 e. The van der Waals surface area contributed by atoms with E-state index < -0.39 is 0 Å². The highest BCUT2D eigenvalue weighted by atomic mass is 15.0. The van der Waals surface area contributed by atoms with Gasteiger partial charge in [-0.3, -0.25) is 0 Å². The predicted octanol–water partition coefficient (Wildman–Crippen LogP) is 8.47. The molecule has 8 rings (SSSR count). The zero-order valence-electron chi connectivity index (χ0n) is 20.9. The van der Waals surface area contributed by atoms with Gasteiger partial charge in [0.05, 0.1) is 17.1 Å². The molecule has 178 valence electrons. The molecule has 2 aliphatic carbocycles. The molecule has 2 unspecified atom stereocenters. The normalized spacial score (nSPS) is 20.7. The van der Waals surface area contributed by atoms with Gasteiger partial charge in [0.2, 0.25) is 0 Å². The van der Waals surface area contributed by atoms with Crippen molar-refractivity contribution >= 4 is 38.2 Å². The Morgan fingerprint density at radius 3 is 2.62 bits per heavy atom. The zero-order chi connectivity index (χ0) is 24.5. The van der Waals surface area contributed by atoms with Crippen LogP contribution in [0.15, 0.2) is 126 Å². The lowest BCUT2D eigenvalue weighted by atomic mass is 9.82. The SMILES string of the molecule is CC1C=C(c2ccc3c(c2)c2ccc4ccccc4c2n3-c2ccccc2)C=C2C3=C(CCC=C3)NC21. The van der Waals surface area contributed by atoms with Gasteiger partial charge < -0.3 is 9.88 Å². The highest BCUT2D eigenvalue weighted by Gasteiger charge is 2.34. The first-order chi connectivity index (χ1) is 18.3. The fourth-order valence-electron chi connectivity index (χ4n) is 6.68. The largest absolute Gasteiger partial charge is 0.380 e. The summed E-state index contributed by atoms with van der Waals surface area (Å²) in [5.74, 6) is 0.444. The molecule has 2 nitrogen and oxygen atoms in total. The standard InChI is InChI=1S/C35H28N2/c1-22-19-25(21-31-28-13-7-8-14-32(28)36-34(22)31)24-16-18-33-30(20-24)29-17-15-23-9-5-6-12-27(23)35(29)37(33)26-10-3-2-4-11-26/h2-7,9-13,15-22,34,36H,8,14H2,1H3. The van der Waals surface area contributed by atoms with Crippen LogP contribution in [0.3, 0.4) is 0 Å². The van der Waals surface area contributed by atoms with E-state index in [1.54, 1.807) is 0 Å². The van der Waals surface area contributed by atoms with Crippen molar-refractivity contribution in [2.24, 2.45) is 5.92 Å². The minimum atomic E-state index is 0.395. The number of hydrogen-bond acceptors (Lipinski definition) is 1. The van der Waals surface area contributed by atoms with Crippen LogP contribution in [0.1, 0.15) is 25.3 Å². The first-order valence-electron chi connectivity index (χ1n) is 13.4.